The Kier molecular flexibility index (Phi) is 14.2. The van der Waals surface area contributed by atoms with Gasteiger partial charge in [-0.15, -0.1) is 22.7 Å². The Balaban J connectivity index is 0.724. The molecule has 4 aromatic heterocycles. The Hall–Kier alpha value is -12.7. The van der Waals surface area contributed by atoms with Crippen molar-refractivity contribution >= 4 is 84.6 Å². The van der Waals surface area contributed by atoms with Crippen LogP contribution in [0.4, 0.5) is 0 Å². The summed E-state index contributed by atoms with van der Waals surface area (Å²) in [6, 6.07) is 118. The molecule has 0 fully saturated rings. The topological polar surface area (TPSA) is 77.3 Å². The first-order valence-electron chi connectivity index (χ1n) is 34.9. The van der Waals surface area contributed by atoms with Gasteiger partial charge in [0.1, 0.15) is 0 Å². The highest BCUT2D eigenvalue weighted by Crippen LogP contribution is 2.52. The fourth-order valence-corrected chi connectivity index (χ4v) is 18.1. The van der Waals surface area contributed by atoms with E-state index in [1.165, 1.54) is 84.3 Å². The Morgan fingerprint density at radius 1 is 0.214 bits per heavy atom. The first-order chi connectivity index (χ1) is 50.8. The van der Waals surface area contributed by atoms with Gasteiger partial charge in [-0.25, -0.2) is 29.9 Å². The second-order valence-corrected chi connectivity index (χ2v) is 29.3. The standard InChI is InChI=1S/C95H60N6S2/c1-95(2)81-33-15-12-29-73(81)74-49-48-69(56-82(74)95)94-98-89(62-24-10-5-11-25-62)96-92(101-94)65-46-40-61(41-47-65)78-54-70(55-80-72(78)50-51-76-75-30-13-16-34-83(75)102-87(76)80)79-53-67-27-19-32-71(85(67)88-86(79)77-31-14-17-35-84(77)103-88)66-26-18-28-68(52-66)93-99-90(63-42-36-59(37-43-63)57-20-6-3-7-21-57)97-91(100-93)64-44-38-60(39-45-64)58-22-8-4-9-23-58/h3-56H,1-2H3. The smallest absolute Gasteiger partial charge is 0.164 e. The molecule has 103 heavy (non-hydrogen) atoms. The van der Waals surface area contributed by atoms with Crippen LogP contribution in [0.25, 0.3) is 197 Å². The maximum atomic E-state index is 5.32. The molecule has 0 atom stereocenters. The predicted octanol–water partition coefficient (Wildman–Crippen LogP) is 25.7. The summed E-state index contributed by atoms with van der Waals surface area (Å²) in [5.74, 6) is 3.71. The summed E-state index contributed by atoms with van der Waals surface area (Å²) in [5.41, 5.74) is 21.9. The van der Waals surface area contributed by atoms with Gasteiger partial charge in [-0.05, 0) is 131 Å². The van der Waals surface area contributed by atoms with Crippen molar-refractivity contribution in [3.8, 4) is 135 Å². The maximum Gasteiger partial charge on any atom is 0.164 e. The lowest BCUT2D eigenvalue weighted by Crippen LogP contribution is -2.15. The van der Waals surface area contributed by atoms with Crippen molar-refractivity contribution in [2.24, 2.45) is 0 Å². The molecule has 4 heterocycles. The van der Waals surface area contributed by atoms with Crippen molar-refractivity contribution in [1.82, 2.24) is 29.9 Å². The second kappa shape index (κ2) is 24.3. The predicted molar refractivity (Wildman–Crippen MR) is 431 cm³/mol. The molecule has 6 nitrogen and oxygen atoms in total. The molecule has 482 valence electrons. The van der Waals surface area contributed by atoms with Gasteiger partial charge >= 0.3 is 0 Å². The first kappa shape index (κ1) is 60.3. The Morgan fingerprint density at radius 2 is 0.641 bits per heavy atom. The van der Waals surface area contributed by atoms with Gasteiger partial charge in [0.15, 0.2) is 34.9 Å². The Bertz CT molecular complexity index is 6500. The van der Waals surface area contributed by atoms with Crippen LogP contribution in [0.1, 0.15) is 25.0 Å². The highest BCUT2D eigenvalue weighted by Gasteiger charge is 2.36. The summed E-state index contributed by atoms with van der Waals surface area (Å²) in [6.45, 7) is 4.63. The molecule has 0 saturated carbocycles. The first-order valence-corrected chi connectivity index (χ1v) is 36.5. The third-order valence-corrected chi connectivity index (χ3v) is 23.2. The van der Waals surface area contributed by atoms with E-state index in [1.54, 1.807) is 0 Å². The van der Waals surface area contributed by atoms with E-state index in [0.717, 1.165) is 88.8 Å². The number of rotatable bonds is 11. The minimum atomic E-state index is -0.178. The van der Waals surface area contributed by atoms with Crippen LogP contribution in [0.15, 0.2) is 328 Å². The molecule has 20 rings (SSSR count). The average Bonchev–Trinajstić information content (AvgIpc) is 1.65. The molecule has 0 amide bonds. The van der Waals surface area contributed by atoms with Crippen LogP contribution in [-0.2, 0) is 5.41 Å². The Labute approximate surface area is 603 Å². The largest absolute Gasteiger partial charge is 0.208 e. The summed E-state index contributed by atoms with van der Waals surface area (Å²) in [6.07, 6.45) is 0. The van der Waals surface area contributed by atoms with Crippen LogP contribution in [0, 0.1) is 0 Å². The minimum Gasteiger partial charge on any atom is -0.208 e. The van der Waals surface area contributed by atoms with Gasteiger partial charge in [0.25, 0.3) is 0 Å². The number of thiophene rings is 2. The highest BCUT2D eigenvalue weighted by atomic mass is 32.1. The number of nitrogens with zero attached hydrogens (tertiary/aromatic N) is 6. The van der Waals surface area contributed by atoms with Crippen molar-refractivity contribution in [2.45, 2.75) is 19.3 Å². The van der Waals surface area contributed by atoms with Crippen molar-refractivity contribution in [2.75, 3.05) is 0 Å². The number of fused-ring (bicyclic) bond motifs is 13. The second-order valence-electron chi connectivity index (χ2n) is 27.2. The molecule has 0 aliphatic heterocycles. The number of hydrogen-bond acceptors (Lipinski definition) is 8. The molecule has 0 unspecified atom stereocenters. The lowest BCUT2D eigenvalue weighted by molar-refractivity contribution is 0.660. The zero-order valence-electron chi connectivity index (χ0n) is 56.2. The quantitative estimate of drug-likeness (QED) is 0.128. The van der Waals surface area contributed by atoms with E-state index in [4.69, 9.17) is 29.9 Å². The van der Waals surface area contributed by atoms with Gasteiger partial charge in [-0.3, -0.25) is 0 Å². The van der Waals surface area contributed by atoms with E-state index < -0.39 is 0 Å². The van der Waals surface area contributed by atoms with Gasteiger partial charge in [0.05, 0.1) is 0 Å². The number of aromatic nitrogens is 6. The van der Waals surface area contributed by atoms with E-state index in [0.29, 0.717) is 34.9 Å². The van der Waals surface area contributed by atoms with E-state index in [-0.39, 0.29) is 5.41 Å². The van der Waals surface area contributed by atoms with Crippen LogP contribution in [-0.4, -0.2) is 29.9 Å². The summed E-state index contributed by atoms with van der Waals surface area (Å²) < 4.78 is 5.02. The zero-order chi connectivity index (χ0) is 68.3. The van der Waals surface area contributed by atoms with Crippen molar-refractivity contribution in [3.63, 3.8) is 0 Å². The monoisotopic (exact) mass is 1350 g/mol. The molecule has 0 bridgehead atoms. The normalized spacial score (nSPS) is 12.4. The third kappa shape index (κ3) is 10.4. The van der Waals surface area contributed by atoms with Gasteiger partial charge in [-0.2, -0.15) is 0 Å². The van der Waals surface area contributed by atoms with Crippen molar-refractivity contribution in [1.29, 1.82) is 0 Å². The van der Waals surface area contributed by atoms with E-state index in [9.17, 15) is 0 Å². The third-order valence-electron chi connectivity index (χ3n) is 20.8. The van der Waals surface area contributed by atoms with Gasteiger partial charge in [0, 0.05) is 89.9 Å². The highest BCUT2D eigenvalue weighted by molar-refractivity contribution is 7.27. The fourth-order valence-electron chi connectivity index (χ4n) is 15.6. The molecular formula is C95H60N6S2. The van der Waals surface area contributed by atoms with E-state index in [1.807, 2.05) is 53.0 Å². The molecule has 8 heteroatoms. The van der Waals surface area contributed by atoms with E-state index in [2.05, 4.69) is 311 Å². The van der Waals surface area contributed by atoms with E-state index >= 15 is 0 Å². The maximum absolute atomic E-state index is 5.32. The van der Waals surface area contributed by atoms with Crippen LogP contribution >= 0.6 is 22.7 Å². The summed E-state index contributed by atoms with van der Waals surface area (Å²) in [4.78, 5) is 31.6. The molecule has 0 spiro atoms. The van der Waals surface area contributed by atoms with Crippen molar-refractivity contribution < 1.29 is 0 Å². The Morgan fingerprint density at radius 3 is 1.27 bits per heavy atom. The molecule has 0 radical (unpaired) electrons. The number of benzene rings is 15. The lowest BCUT2D eigenvalue weighted by Gasteiger charge is -2.21. The van der Waals surface area contributed by atoms with Gasteiger partial charge in [-0.1, -0.05) is 299 Å². The SMILES string of the molecule is CC1(C)c2ccccc2-c2ccc(-c3nc(-c4ccccc4)nc(-c4ccc(-c5cc(-c6cc7cccc(-c8cccc(-c9nc(-c%10ccc(-c%11ccccc%11)cc%10)nc(-c%10ccc(-c%11ccccc%11)cc%10)n9)c8)c7c7sc8ccccc8c67)cc6c5ccc5c7ccccc7sc65)cc4)n3)cc21. The van der Waals surface area contributed by atoms with Crippen molar-refractivity contribution in [3.05, 3.63) is 339 Å². The van der Waals surface area contributed by atoms with Gasteiger partial charge in [0.2, 0.25) is 0 Å². The molecule has 0 N–H and O–H groups in total. The van der Waals surface area contributed by atoms with Crippen LogP contribution in [0.2, 0.25) is 0 Å². The van der Waals surface area contributed by atoms with Crippen LogP contribution < -0.4 is 0 Å². The lowest BCUT2D eigenvalue weighted by atomic mass is 9.82. The zero-order valence-corrected chi connectivity index (χ0v) is 57.8. The fraction of sp³-hybridized carbons (Fsp3) is 0.0316. The molecule has 15 aromatic carbocycles. The molecule has 19 aromatic rings. The number of hydrogen-bond donors (Lipinski definition) is 0. The molecule has 1 aliphatic carbocycles. The van der Waals surface area contributed by atoms with Gasteiger partial charge < -0.3 is 0 Å². The van der Waals surface area contributed by atoms with Crippen LogP contribution in [0.5, 0.6) is 0 Å². The summed E-state index contributed by atoms with van der Waals surface area (Å²) in [5, 5.41) is 9.79. The molecule has 0 saturated heterocycles. The molecular weight excluding hydrogens is 1290 g/mol. The minimum absolute atomic E-state index is 0.178. The molecule has 1 aliphatic rings. The summed E-state index contributed by atoms with van der Waals surface area (Å²) >= 11 is 3.75. The average molecular weight is 1350 g/mol. The summed E-state index contributed by atoms with van der Waals surface area (Å²) in [7, 11) is 0. The van der Waals surface area contributed by atoms with Crippen LogP contribution in [0.3, 0.4) is 0 Å².